The van der Waals surface area contributed by atoms with Crippen molar-refractivity contribution in [3.8, 4) is 0 Å². The Kier molecular flexibility index (Phi) is 7.29. The number of hydrogen-bond donors (Lipinski definition) is 5. The van der Waals surface area contributed by atoms with Gasteiger partial charge in [-0.3, -0.25) is 9.59 Å². The Morgan fingerprint density at radius 3 is 2.48 bits per heavy atom. The monoisotopic (exact) mass is 389 g/mol. The smallest absolute Gasteiger partial charge is 0.250 e. The first kappa shape index (κ1) is 20.8. The molecule has 8 heteroatoms. The van der Waals surface area contributed by atoms with E-state index in [1.54, 1.807) is 25.1 Å². The normalized spacial score (nSPS) is 15.6. The Morgan fingerprint density at radius 1 is 1.26 bits per heavy atom. The van der Waals surface area contributed by atoms with Gasteiger partial charge in [0.2, 0.25) is 5.91 Å². The predicted octanol–water partition coefficient (Wildman–Crippen LogP) is 2.80. The molecule has 0 heterocycles. The average Bonchev–Trinajstić information content (AvgIpc) is 2.59. The zero-order valence-corrected chi connectivity index (χ0v) is 16.3. The molecule has 0 bridgehead atoms. The Bertz CT molecular complexity index is 744. The summed E-state index contributed by atoms with van der Waals surface area (Å²) in [4.78, 5) is 24.1. The first-order valence-electron chi connectivity index (χ1n) is 9.11. The summed E-state index contributed by atoms with van der Waals surface area (Å²) in [6.07, 6.45) is 5.60. The topological polar surface area (TPSA) is 134 Å². The van der Waals surface area contributed by atoms with Crippen LogP contribution in [0.3, 0.4) is 0 Å². The standard InChI is InChI=1S/C19H27N5O2S/c1-11(20)9-16(27)24-15-10-13(7-8-14(15)18(21)25)23-17(19(22)26)12-5-3-2-4-6-12/h7-8,10,12,17,20,23H,2-6,9H2,1H3,(H2,21,25)(H2,22,26)(H,24,27). The van der Waals surface area contributed by atoms with Crippen molar-refractivity contribution in [1.29, 1.82) is 5.41 Å². The lowest BCUT2D eigenvalue weighted by Crippen LogP contribution is -2.42. The van der Waals surface area contributed by atoms with Gasteiger partial charge in [0.05, 0.1) is 16.2 Å². The molecule has 1 aromatic rings. The molecular weight excluding hydrogens is 362 g/mol. The summed E-state index contributed by atoms with van der Waals surface area (Å²) in [7, 11) is 0. The molecule has 1 aliphatic rings. The fourth-order valence-electron chi connectivity index (χ4n) is 3.46. The first-order valence-corrected chi connectivity index (χ1v) is 9.52. The van der Waals surface area contributed by atoms with Gasteiger partial charge in [-0.1, -0.05) is 31.5 Å². The van der Waals surface area contributed by atoms with Crippen LogP contribution in [0.4, 0.5) is 11.4 Å². The van der Waals surface area contributed by atoms with Crippen LogP contribution in [0.15, 0.2) is 18.2 Å². The molecule has 0 radical (unpaired) electrons. The van der Waals surface area contributed by atoms with Gasteiger partial charge in [-0.2, -0.15) is 0 Å². The van der Waals surface area contributed by atoms with Gasteiger partial charge in [0.15, 0.2) is 0 Å². The van der Waals surface area contributed by atoms with Crippen molar-refractivity contribution in [2.24, 2.45) is 17.4 Å². The molecule has 1 atom stereocenters. The zero-order valence-electron chi connectivity index (χ0n) is 15.5. The van der Waals surface area contributed by atoms with Gasteiger partial charge >= 0.3 is 0 Å². The lowest BCUT2D eigenvalue weighted by atomic mass is 9.83. The van der Waals surface area contributed by atoms with Crippen LogP contribution in [0, 0.1) is 11.3 Å². The number of anilines is 2. The van der Waals surface area contributed by atoms with E-state index in [0.717, 1.165) is 25.7 Å². The van der Waals surface area contributed by atoms with Crippen molar-refractivity contribution >= 4 is 46.1 Å². The van der Waals surface area contributed by atoms with Crippen LogP contribution in [0.1, 0.15) is 55.8 Å². The van der Waals surface area contributed by atoms with Gasteiger partial charge in [-0.05, 0) is 43.9 Å². The second-order valence-corrected chi connectivity index (χ2v) is 7.55. The zero-order chi connectivity index (χ0) is 20.0. The number of hydrogen-bond acceptors (Lipinski definition) is 5. The van der Waals surface area contributed by atoms with Gasteiger partial charge in [-0.25, -0.2) is 0 Å². The van der Waals surface area contributed by atoms with Crippen molar-refractivity contribution < 1.29 is 9.59 Å². The van der Waals surface area contributed by atoms with Crippen LogP contribution >= 0.6 is 12.2 Å². The average molecular weight is 390 g/mol. The summed E-state index contributed by atoms with van der Waals surface area (Å²) in [6.45, 7) is 1.66. The summed E-state index contributed by atoms with van der Waals surface area (Å²) in [5, 5.41) is 13.7. The van der Waals surface area contributed by atoms with Crippen LogP contribution in [-0.4, -0.2) is 28.6 Å². The molecule has 27 heavy (non-hydrogen) atoms. The maximum Gasteiger partial charge on any atom is 0.250 e. The Morgan fingerprint density at radius 2 is 1.93 bits per heavy atom. The second kappa shape index (κ2) is 9.45. The lowest BCUT2D eigenvalue weighted by Gasteiger charge is -2.29. The molecule has 7 N–H and O–H groups in total. The predicted molar refractivity (Wildman–Crippen MR) is 112 cm³/mol. The molecule has 1 aliphatic carbocycles. The third-order valence-corrected chi connectivity index (χ3v) is 4.98. The number of nitrogens with two attached hydrogens (primary N) is 2. The number of benzene rings is 1. The number of amides is 2. The summed E-state index contributed by atoms with van der Waals surface area (Å²) in [6, 6.07) is 4.53. The van der Waals surface area contributed by atoms with Gasteiger partial charge in [-0.15, -0.1) is 0 Å². The minimum absolute atomic E-state index is 0.199. The molecule has 146 valence electrons. The Labute approximate surface area is 164 Å². The molecule has 7 nitrogen and oxygen atoms in total. The van der Waals surface area contributed by atoms with Crippen LogP contribution < -0.4 is 22.1 Å². The van der Waals surface area contributed by atoms with Crippen molar-refractivity contribution in [3.05, 3.63) is 23.8 Å². The van der Waals surface area contributed by atoms with E-state index in [1.165, 1.54) is 6.42 Å². The third-order valence-electron chi connectivity index (χ3n) is 4.73. The second-order valence-electron chi connectivity index (χ2n) is 7.05. The SMILES string of the molecule is CC(=N)CC(=S)Nc1cc(NC(C(N)=O)C2CCCCC2)ccc1C(N)=O. The van der Waals surface area contributed by atoms with E-state index in [9.17, 15) is 9.59 Å². The highest BCUT2D eigenvalue weighted by Gasteiger charge is 2.28. The van der Waals surface area contributed by atoms with Crippen LogP contribution in [0.25, 0.3) is 0 Å². The molecule has 1 fully saturated rings. The molecule has 1 unspecified atom stereocenters. The van der Waals surface area contributed by atoms with E-state index in [4.69, 9.17) is 29.1 Å². The summed E-state index contributed by atoms with van der Waals surface area (Å²) < 4.78 is 0. The highest BCUT2D eigenvalue weighted by molar-refractivity contribution is 7.80. The molecule has 0 spiro atoms. The minimum Gasteiger partial charge on any atom is -0.373 e. The molecule has 2 amide bonds. The molecule has 1 saturated carbocycles. The van der Waals surface area contributed by atoms with Gasteiger partial charge in [0, 0.05) is 17.8 Å². The van der Waals surface area contributed by atoms with Crippen LogP contribution in [0.5, 0.6) is 0 Å². The van der Waals surface area contributed by atoms with E-state index >= 15 is 0 Å². The number of rotatable bonds is 8. The quantitative estimate of drug-likeness (QED) is 0.344. The van der Waals surface area contributed by atoms with Crippen molar-refractivity contribution in [1.82, 2.24) is 0 Å². The third kappa shape index (κ3) is 6.02. The van der Waals surface area contributed by atoms with Gasteiger partial charge < -0.3 is 27.5 Å². The number of thiocarbonyl (C=S) groups is 1. The molecular formula is C19H27N5O2S. The molecule has 0 aliphatic heterocycles. The number of carbonyl (C=O) groups excluding carboxylic acids is 2. The number of carbonyl (C=O) groups is 2. The fraction of sp³-hybridized carbons (Fsp3) is 0.474. The molecule has 1 aromatic carbocycles. The van der Waals surface area contributed by atoms with Gasteiger partial charge in [0.25, 0.3) is 5.91 Å². The van der Waals surface area contributed by atoms with E-state index in [0.29, 0.717) is 27.6 Å². The van der Waals surface area contributed by atoms with Crippen LogP contribution in [-0.2, 0) is 4.79 Å². The summed E-state index contributed by atoms with van der Waals surface area (Å²) >= 11 is 5.23. The van der Waals surface area contributed by atoms with Crippen molar-refractivity contribution in [3.63, 3.8) is 0 Å². The fourth-order valence-corrected chi connectivity index (χ4v) is 3.78. The maximum absolute atomic E-state index is 12.0. The van der Waals surface area contributed by atoms with Crippen LogP contribution in [0.2, 0.25) is 0 Å². The largest absolute Gasteiger partial charge is 0.373 e. The highest BCUT2D eigenvalue weighted by atomic mass is 32.1. The summed E-state index contributed by atoms with van der Waals surface area (Å²) in [5.74, 6) is -0.771. The minimum atomic E-state index is -0.586. The lowest BCUT2D eigenvalue weighted by molar-refractivity contribution is -0.120. The molecule has 2 rings (SSSR count). The van der Waals surface area contributed by atoms with Crippen molar-refractivity contribution in [2.45, 2.75) is 51.5 Å². The van der Waals surface area contributed by atoms with Gasteiger partial charge in [0.1, 0.15) is 6.04 Å². The first-order chi connectivity index (χ1) is 12.8. The van der Waals surface area contributed by atoms with E-state index in [2.05, 4.69) is 10.6 Å². The Hall–Kier alpha value is -2.48. The van der Waals surface area contributed by atoms with E-state index < -0.39 is 11.9 Å². The Balaban J connectivity index is 2.23. The molecule has 0 aromatic heterocycles. The number of primary amides is 2. The summed E-state index contributed by atoms with van der Waals surface area (Å²) in [5.41, 5.74) is 12.9. The van der Waals surface area contributed by atoms with Crippen molar-refractivity contribution in [2.75, 3.05) is 10.6 Å². The molecule has 0 saturated heterocycles. The highest BCUT2D eigenvalue weighted by Crippen LogP contribution is 2.29. The van der Waals surface area contributed by atoms with E-state index in [1.807, 2.05) is 0 Å². The number of nitrogens with one attached hydrogen (secondary N) is 3. The van der Waals surface area contributed by atoms with E-state index in [-0.39, 0.29) is 18.2 Å². The maximum atomic E-state index is 12.0.